The number of esters is 1. The van der Waals surface area contributed by atoms with Crippen LogP contribution in [0, 0.1) is 0 Å². The Morgan fingerprint density at radius 3 is 2.67 bits per heavy atom. The average Bonchev–Trinajstić information content (AvgIpc) is 1.63. The molecule has 0 fully saturated rings. The Labute approximate surface area is 64.1 Å². The summed E-state index contributed by atoms with van der Waals surface area (Å²) in [6.07, 6.45) is 0.221. The first-order valence-corrected chi connectivity index (χ1v) is 3.53. The van der Waals surface area contributed by atoms with Crippen molar-refractivity contribution in [3.8, 4) is 0 Å². The van der Waals surface area contributed by atoms with Crippen LogP contribution in [0.15, 0.2) is 0 Å². The van der Waals surface area contributed by atoms with Gasteiger partial charge in [-0.2, -0.15) is 0 Å². The van der Waals surface area contributed by atoms with Crippen molar-refractivity contribution in [2.24, 2.45) is 0 Å². The smallest absolute Gasteiger partial charge is 0.308 e. The van der Waals surface area contributed by atoms with E-state index in [-0.39, 0.29) is 18.3 Å². The van der Waals surface area contributed by atoms with Gasteiger partial charge in [-0.3, -0.25) is 4.79 Å². The van der Waals surface area contributed by atoms with Gasteiger partial charge in [0.05, 0.1) is 6.42 Å². The first-order valence-electron chi connectivity index (χ1n) is 2.56. The van der Waals surface area contributed by atoms with Gasteiger partial charge in [0, 0.05) is 5.88 Å². The molecule has 9 heavy (non-hydrogen) atoms. The minimum absolute atomic E-state index is 0.221. The van der Waals surface area contributed by atoms with Gasteiger partial charge < -0.3 is 4.74 Å². The van der Waals surface area contributed by atoms with E-state index in [9.17, 15) is 4.79 Å². The van der Waals surface area contributed by atoms with E-state index in [1.54, 1.807) is 6.92 Å². The maximum Gasteiger partial charge on any atom is 0.308 e. The Balaban J connectivity index is 3.27. The summed E-state index contributed by atoms with van der Waals surface area (Å²) in [5, 5.41) is 0. The van der Waals surface area contributed by atoms with E-state index in [0.717, 1.165) is 0 Å². The van der Waals surface area contributed by atoms with Crippen molar-refractivity contribution in [1.29, 1.82) is 0 Å². The molecule has 1 atom stereocenters. The summed E-state index contributed by atoms with van der Waals surface area (Å²) in [6, 6.07) is 0. The second-order valence-corrected chi connectivity index (χ2v) is 2.46. The molecule has 0 bridgehead atoms. The average molecular weight is 171 g/mol. The molecular formula is C5H8Cl2O2. The molecule has 0 aromatic heterocycles. The molecule has 0 saturated heterocycles. The van der Waals surface area contributed by atoms with Crippen LogP contribution in [0.1, 0.15) is 13.3 Å². The van der Waals surface area contributed by atoms with Crippen molar-refractivity contribution in [2.45, 2.75) is 18.9 Å². The highest BCUT2D eigenvalue weighted by atomic mass is 35.5. The van der Waals surface area contributed by atoms with Gasteiger partial charge in [0.25, 0.3) is 0 Å². The number of hydrogen-bond acceptors (Lipinski definition) is 2. The molecular weight excluding hydrogens is 163 g/mol. The van der Waals surface area contributed by atoms with Crippen molar-refractivity contribution >= 4 is 29.2 Å². The topological polar surface area (TPSA) is 26.3 Å². The largest absolute Gasteiger partial charge is 0.446 e. The van der Waals surface area contributed by atoms with Crippen LogP contribution < -0.4 is 0 Å². The van der Waals surface area contributed by atoms with Gasteiger partial charge in [0.15, 0.2) is 5.56 Å². The number of carbonyl (C=O) groups is 1. The monoisotopic (exact) mass is 170 g/mol. The fraction of sp³-hybridized carbons (Fsp3) is 0.800. The fourth-order valence-corrected chi connectivity index (χ4v) is 0.571. The van der Waals surface area contributed by atoms with E-state index in [1.807, 2.05) is 0 Å². The minimum atomic E-state index is -0.555. The Hall–Kier alpha value is 0.0500. The Morgan fingerprint density at radius 2 is 2.33 bits per heavy atom. The van der Waals surface area contributed by atoms with E-state index in [0.29, 0.717) is 0 Å². The second kappa shape index (κ2) is 4.89. The third-order valence-electron chi connectivity index (χ3n) is 0.592. The maximum absolute atomic E-state index is 10.5. The molecule has 0 amide bonds. The minimum Gasteiger partial charge on any atom is -0.446 e. The van der Waals surface area contributed by atoms with E-state index in [4.69, 9.17) is 23.2 Å². The van der Waals surface area contributed by atoms with Crippen LogP contribution >= 0.6 is 23.2 Å². The summed E-state index contributed by atoms with van der Waals surface area (Å²) < 4.78 is 4.53. The lowest BCUT2D eigenvalue weighted by Gasteiger charge is -2.02. The van der Waals surface area contributed by atoms with Crippen LogP contribution in [0.3, 0.4) is 0 Å². The number of alkyl halides is 2. The first kappa shape index (κ1) is 9.05. The van der Waals surface area contributed by atoms with Crippen molar-refractivity contribution in [3.63, 3.8) is 0 Å². The molecule has 0 N–H and O–H groups in total. The zero-order valence-corrected chi connectivity index (χ0v) is 6.58. The number of halogens is 2. The maximum atomic E-state index is 10.5. The molecule has 0 aliphatic heterocycles. The molecule has 54 valence electrons. The summed E-state index contributed by atoms with van der Waals surface area (Å²) in [7, 11) is 0. The molecule has 0 saturated carbocycles. The molecule has 2 nitrogen and oxygen atoms in total. The molecule has 0 aromatic carbocycles. The Bertz CT molecular complexity index is 93.0. The zero-order chi connectivity index (χ0) is 7.28. The third kappa shape index (κ3) is 5.93. The Morgan fingerprint density at radius 1 is 1.78 bits per heavy atom. The first-order chi connectivity index (χ1) is 4.16. The quantitative estimate of drug-likeness (QED) is 0.477. The lowest BCUT2D eigenvalue weighted by Crippen LogP contribution is -2.09. The van der Waals surface area contributed by atoms with Gasteiger partial charge in [-0.05, 0) is 6.92 Å². The SMILES string of the molecule is CC(Cl)OC(=O)CCCl. The van der Waals surface area contributed by atoms with Gasteiger partial charge >= 0.3 is 5.97 Å². The van der Waals surface area contributed by atoms with E-state index in [1.165, 1.54) is 0 Å². The fourth-order valence-electron chi connectivity index (χ4n) is 0.317. The van der Waals surface area contributed by atoms with Crippen LogP contribution in [-0.2, 0) is 9.53 Å². The highest BCUT2D eigenvalue weighted by Gasteiger charge is 2.03. The lowest BCUT2D eigenvalue weighted by molar-refractivity contribution is -0.144. The number of hydrogen-bond donors (Lipinski definition) is 0. The van der Waals surface area contributed by atoms with Crippen molar-refractivity contribution in [2.75, 3.05) is 5.88 Å². The van der Waals surface area contributed by atoms with E-state index >= 15 is 0 Å². The summed E-state index contributed by atoms with van der Waals surface area (Å²) in [5.41, 5.74) is -0.555. The molecule has 0 spiro atoms. The summed E-state index contributed by atoms with van der Waals surface area (Å²) in [4.78, 5) is 10.5. The summed E-state index contributed by atoms with van der Waals surface area (Å²) in [5.74, 6) is -0.0740. The molecule has 0 aliphatic rings. The van der Waals surface area contributed by atoms with Crippen LogP contribution in [-0.4, -0.2) is 17.4 Å². The molecule has 1 unspecified atom stereocenters. The van der Waals surface area contributed by atoms with Crippen LogP contribution in [0.25, 0.3) is 0 Å². The second-order valence-electron chi connectivity index (χ2n) is 1.47. The van der Waals surface area contributed by atoms with E-state index in [2.05, 4.69) is 4.74 Å². The van der Waals surface area contributed by atoms with Crippen LogP contribution in [0.2, 0.25) is 0 Å². The number of ether oxygens (including phenoxy) is 1. The highest BCUT2D eigenvalue weighted by molar-refractivity contribution is 6.20. The summed E-state index contributed by atoms with van der Waals surface area (Å²) in [6.45, 7) is 1.58. The van der Waals surface area contributed by atoms with Gasteiger partial charge in [-0.15, -0.1) is 11.6 Å². The highest BCUT2D eigenvalue weighted by Crippen LogP contribution is 1.98. The third-order valence-corrected chi connectivity index (χ3v) is 0.871. The lowest BCUT2D eigenvalue weighted by atomic mass is 10.5. The van der Waals surface area contributed by atoms with Gasteiger partial charge in [-0.1, -0.05) is 11.6 Å². The molecule has 0 aromatic rings. The molecule has 0 rings (SSSR count). The van der Waals surface area contributed by atoms with Crippen LogP contribution in [0.4, 0.5) is 0 Å². The molecule has 0 aliphatic carbocycles. The van der Waals surface area contributed by atoms with Gasteiger partial charge in [-0.25, -0.2) is 0 Å². The van der Waals surface area contributed by atoms with Crippen molar-refractivity contribution < 1.29 is 9.53 Å². The predicted octanol–water partition coefficient (Wildman–Crippen LogP) is 1.74. The summed E-state index contributed by atoms with van der Waals surface area (Å²) >= 11 is 10.6. The molecule has 0 heterocycles. The standard InChI is InChI=1S/C5H8Cl2O2/c1-4(7)9-5(8)2-3-6/h4H,2-3H2,1H3. The normalized spacial score (nSPS) is 12.8. The van der Waals surface area contributed by atoms with E-state index < -0.39 is 5.56 Å². The van der Waals surface area contributed by atoms with Crippen molar-refractivity contribution in [3.05, 3.63) is 0 Å². The number of carbonyl (C=O) groups excluding carboxylic acids is 1. The zero-order valence-electron chi connectivity index (χ0n) is 5.06. The molecule has 4 heteroatoms. The number of rotatable bonds is 3. The van der Waals surface area contributed by atoms with Gasteiger partial charge in [0.1, 0.15) is 0 Å². The van der Waals surface area contributed by atoms with Crippen molar-refractivity contribution in [1.82, 2.24) is 0 Å². The van der Waals surface area contributed by atoms with Gasteiger partial charge in [0.2, 0.25) is 0 Å². The van der Waals surface area contributed by atoms with Crippen LogP contribution in [0.5, 0.6) is 0 Å². The predicted molar refractivity (Wildman–Crippen MR) is 36.7 cm³/mol. The molecule has 0 radical (unpaired) electrons. The Kier molecular flexibility index (Phi) is 4.91.